The van der Waals surface area contributed by atoms with Gasteiger partial charge in [0.25, 0.3) is 0 Å². The van der Waals surface area contributed by atoms with Crippen molar-refractivity contribution in [1.82, 2.24) is 0 Å². The average molecular weight is 375 g/mol. The largest absolute Gasteiger partial charge is 0.480 e. The fraction of sp³-hybridized carbons (Fsp3) is 0.550. The van der Waals surface area contributed by atoms with Gasteiger partial charge in [-0.25, -0.2) is 0 Å². The number of carboxylic acids is 1. The minimum Gasteiger partial charge on any atom is -0.480 e. The van der Waals surface area contributed by atoms with Crippen molar-refractivity contribution < 1.29 is 14.6 Å². The Bertz CT molecular complexity index is 845. The molecule has 132 valence electrons. The molecule has 1 N–H and O–H groups in total. The van der Waals surface area contributed by atoms with Crippen LogP contribution in [0.2, 0.25) is 0 Å². The number of rotatable bonds is 3. The summed E-state index contributed by atoms with van der Waals surface area (Å²) < 4.78 is 5.25. The Balaban J connectivity index is 1.74. The van der Waals surface area contributed by atoms with Crippen molar-refractivity contribution in [1.29, 1.82) is 0 Å². The molecule has 5 heteroatoms. The third kappa shape index (κ3) is 1.53. The SMILES string of the molecule is CC(C)C12SC1C1=C(Cc3ccccc3O1)C1(C(=O)O)SC12C(C)C. The molecule has 4 unspecified atom stereocenters. The van der Waals surface area contributed by atoms with Gasteiger partial charge in [0.05, 0.1) is 14.7 Å². The summed E-state index contributed by atoms with van der Waals surface area (Å²) in [5.74, 6) is 1.87. The maximum atomic E-state index is 12.6. The van der Waals surface area contributed by atoms with Crippen LogP contribution in [0.25, 0.3) is 0 Å². The van der Waals surface area contributed by atoms with E-state index in [1.54, 1.807) is 11.8 Å². The molecule has 4 aliphatic rings. The molecular weight excluding hydrogens is 352 g/mol. The van der Waals surface area contributed by atoms with Crippen molar-refractivity contribution in [3.63, 3.8) is 0 Å². The van der Waals surface area contributed by atoms with Crippen LogP contribution in [-0.2, 0) is 11.2 Å². The fourth-order valence-corrected chi connectivity index (χ4v) is 10.0. The summed E-state index contributed by atoms with van der Waals surface area (Å²) in [4.78, 5) is 12.6. The number of fused-ring (bicyclic) bond motifs is 6. The molecule has 0 aromatic heterocycles. The first-order valence-corrected chi connectivity index (χ1v) is 10.6. The lowest BCUT2D eigenvalue weighted by molar-refractivity contribution is -0.139. The highest BCUT2D eigenvalue weighted by atomic mass is 32.2. The molecule has 2 fully saturated rings. The summed E-state index contributed by atoms with van der Waals surface area (Å²) in [5, 5.41) is 10.6. The number of hydrogen-bond acceptors (Lipinski definition) is 4. The third-order valence-corrected chi connectivity index (χ3v) is 10.9. The highest BCUT2D eigenvalue weighted by molar-refractivity contribution is 8.15. The van der Waals surface area contributed by atoms with E-state index in [-0.39, 0.29) is 9.49 Å². The summed E-state index contributed by atoms with van der Waals surface area (Å²) in [5.41, 5.74) is 2.12. The Morgan fingerprint density at radius 2 is 1.96 bits per heavy atom. The Morgan fingerprint density at radius 1 is 1.24 bits per heavy atom. The van der Waals surface area contributed by atoms with E-state index in [4.69, 9.17) is 4.74 Å². The molecule has 1 aromatic rings. The van der Waals surface area contributed by atoms with Crippen molar-refractivity contribution in [3.05, 3.63) is 41.2 Å². The van der Waals surface area contributed by atoms with E-state index in [9.17, 15) is 9.90 Å². The normalized spacial score (nSPS) is 40.0. The second-order valence-electron chi connectivity index (χ2n) is 8.15. The van der Waals surface area contributed by atoms with Crippen LogP contribution in [0, 0.1) is 11.8 Å². The molecule has 0 bridgehead atoms. The van der Waals surface area contributed by atoms with Crippen molar-refractivity contribution in [2.45, 2.75) is 53.6 Å². The number of carboxylic acid groups (broad SMARTS) is 1. The van der Waals surface area contributed by atoms with E-state index in [0.717, 1.165) is 22.6 Å². The molecule has 1 aromatic carbocycles. The van der Waals surface area contributed by atoms with Gasteiger partial charge in [0.2, 0.25) is 0 Å². The van der Waals surface area contributed by atoms with Crippen LogP contribution in [-0.4, -0.2) is 30.6 Å². The molecule has 3 heterocycles. The number of carbonyl (C=O) groups is 1. The number of thioether (sulfide) groups is 2. The standard InChI is InChI=1S/C20H22O3S2/c1-10(2)18-16(24-18)15-13(9-12-7-5-6-8-14(12)23-15)19(17(21)22)20(18,25-19)11(3)4/h5-8,10-11,16H,9H2,1-4H3,(H,21,22). The highest BCUT2D eigenvalue weighted by Crippen LogP contribution is 2.89. The van der Waals surface area contributed by atoms with Gasteiger partial charge in [-0.15, -0.1) is 23.5 Å². The number of hydrogen-bond donors (Lipinski definition) is 1. The molecule has 0 amide bonds. The minimum atomic E-state index is -0.825. The number of ether oxygens (including phenoxy) is 1. The summed E-state index contributed by atoms with van der Waals surface area (Å²) in [6, 6.07) is 8.05. The Hall–Kier alpha value is -1.07. The zero-order chi connectivity index (χ0) is 17.8. The monoisotopic (exact) mass is 374 g/mol. The van der Waals surface area contributed by atoms with Crippen LogP contribution in [0.1, 0.15) is 33.3 Å². The summed E-state index contributed by atoms with van der Waals surface area (Å²) in [6.45, 7) is 8.87. The maximum absolute atomic E-state index is 12.6. The third-order valence-electron chi connectivity index (χ3n) is 6.51. The van der Waals surface area contributed by atoms with Gasteiger partial charge in [0.15, 0.2) is 4.75 Å². The van der Waals surface area contributed by atoms with Gasteiger partial charge < -0.3 is 9.84 Å². The van der Waals surface area contributed by atoms with Gasteiger partial charge in [0, 0.05) is 12.0 Å². The number of para-hydroxylation sites is 1. The van der Waals surface area contributed by atoms with E-state index < -0.39 is 10.7 Å². The topological polar surface area (TPSA) is 46.5 Å². The summed E-state index contributed by atoms with van der Waals surface area (Å²) >= 11 is 3.63. The van der Waals surface area contributed by atoms with Gasteiger partial charge in [-0.1, -0.05) is 45.9 Å². The Labute approximate surface area is 156 Å². The van der Waals surface area contributed by atoms with E-state index in [1.807, 2.05) is 30.0 Å². The average Bonchev–Trinajstić information content (AvgIpc) is 3.43. The second-order valence-corrected chi connectivity index (χ2v) is 11.0. The van der Waals surface area contributed by atoms with E-state index in [2.05, 4.69) is 33.8 Å². The maximum Gasteiger partial charge on any atom is 0.325 e. The minimum absolute atomic E-state index is 0.0324. The van der Waals surface area contributed by atoms with Crippen LogP contribution in [0.3, 0.4) is 0 Å². The van der Waals surface area contributed by atoms with E-state index in [0.29, 0.717) is 23.5 Å². The lowest BCUT2D eigenvalue weighted by Crippen LogP contribution is -2.56. The summed E-state index contributed by atoms with van der Waals surface area (Å²) in [6.07, 6.45) is 0.699. The van der Waals surface area contributed by atoms with Gasteiger partial charge in [-0.3, -0.25) is 4.79 Å². The van der Waals surface area contributed by atoms with Crippen molar-refractivity contribution in [3.8, 4) is 5.75 Å². The Kier molecular flexibility index (Phi) is 2.97. The fourth-order valence-electron chi connectivity index (χ4n) is 5.44. The van der Waals surface area contributed by atoms with Crippen LogP contribution < -0.4 is 4.74 Å². The van der Waals surface area contributed by atoms with E-state index >= 15 is 0 Å². The van der Waals surface area contributed by atoms with Crippen LogP contribution in [0.5, 0.6) is 5.75 Å². The van der Waals surface area contributed by atoms with Crippen molar-refractivity contribution >= 4 is 29.5 Å². The quantitative estimate of drug-likeness (QED) is 0.796. The van der Waals surface area contributed by atoms with Gasteiger partial charge in [-0.05, 0) is 23.5 Å². The lowest BCUT2D eigenvalue weighted by Gasteiger charge is -2.41. The molecule has 0 spiro atoms. The first-order valence-electron chi connectivity index (χ1n) is 8.93. The van der Waals surface area contributed by atoms with E-state index in [1.165, 1.54) is 0 Å². The lowest BCUT2D eigenvalue weighted by atomic mass is 9.62. The molecule has 2 saturated heterocycles. The molecule has 3 nitrogen and oxygen atoms in total. The van der Waals surface area contributed by atoms with Crippen molar-refractivity contribution in [2.24, 2.45) is 11.8 Å². The Morgan fingerprint density at radius 3 is 2.60 bits per heavy atom. The molecule has 0 saturated carbocycles. The molecule has 1 aliphatic carbocycles. The van der Waals surface area contributed by atoms with Crippen LogP contribution >= 0.6 is 23.5 Å². The predicted molar refractivity (Wildman–Crippen MR) is 102 cm³/mol. The zero-order valence-electron chi connectivity index (χ0n) is 14.8. The molecule has 3 aliphatic heterocycles. The van der Waals surface area contributed by atoms with Gasteiger partial charge in [-0.2, -0.15) is 0 Å². The van der Waals surface area contributed by atoms with Crippen LogP contribution in [0.4, 0.5) is 0 Å². The molecule has 0 radical (unpaired) electrons. The summed E-state index contributed by atoms with van der Waals surface area (Å²) in [7, 11) is 0. The number of benzene rings is 1. The second kappa shape index (κ2) is 4.61. The molecule has 25 heavy (non-hydrogen) atoms. The molecule has 5 rings (SSSR count). The zero-order valence-corrected chi connectivity index (χ0v) is 16.5. The van der Waals surface area contributed by atoms with Gasteiger partial charge in [0.1, 0.15) is 11.5 Å². The molecule has 4 atom stereocenters. The molecular formula is C20H22O3S2. The number of aliphatic carboxylic acids is 1. The smallest absolute Gasteiger partial charge is 0.325 e. The van der Waals surface area contributed by atoms with Crippen molar-refractivity contribution in [2.75, 3.05) is 0 Å². The van der Waals surface area contributed by atoms with Gasteiger partial charge >= 0.3 is 5.97 Å². The highest BCUT2D eigenvalue weighted by Gasteiger charge is 2.93. The first kappa shape index (κ1) is 16.1. The first-order chi connectivity index (χ1) is 11.8. The predicted octanol–water partition coefficient (Wildman–Crippen LogP) is 4.36. The van der Waals surface area contributed by atoms with Crippen LogP contribution in [0.15, 0.2) is 35.6 Å².